The van der Waals surface area contributed by atoms with Gasteiger partial charge < -0.3 is 4.74 Å². The minimum atomic E-state index is 0.576. The van der Waals surface area contributed by atoms with E-state index in [4.69, 9.17) is 4.74 Å². The molecule has 1 aliphatic carbocycles. The van der Waals surface area contributed by atoms with Crippen LogP contribution >= 0.6 is 0 Å². The van der Waals surface area contributed by atoms with Gasteiger partial charge in [-0.2, -0.15) is 0 Å². The maximum Gasteiger partial charge on any atom is 0.131 e. The number of hydrogen-bond acceptors (Lipinski definition) is 3. The molecule has 0 aromatic carbocycles. The van der Waals surface area contributed by atoms with Crippen molar-refractivity contribution in [1.82, 2.24) is 9.97 Å². The van der Waals surface area contributed by atoms with E-state index < -0.39 is 0 Å². The molecule has 3 nitrogen and oxygen atoms in total. The summed E-state index contributed by atoms with van der Waals surface area (Å²) in [4.78, 5) is 9.23. The molecule has 1 aromatic heterocycles. The number of ether oxygens (including phenoxy) is 1. The molecule has 1 heterocycles. The minimum Gasteiger partial charge on any atom is -0.377 e. The van der Waals surface area contributed by atoms with Crippen molar-refractivity contribution in [3.05, 3.63) is 23.8 Å². The van der Waals surface area contributed by atoms with Gasteiger partial charge in [0.25, 0.3) is 0 Å². The summed E-state index contributed by atoms with van der Waals surface area (Å²) in [6.07, 6.45) is 16.9. The van der Waals surface area contributed by atoms with Crippen molar-refractivity contribution in [1.29, 1.82) is 0 Å². The number of unbranched alkanes of at least 4 members (excludes halogenated alkanes) is 3. The van der Waals surface area contributed by atoms with Crippen molar-refractivity contribution in [2.45, 2.75) is 90.6 Å². The Morgan fingerprint density at radius 2 is 1.65 bits per heavy atom. The third-order valence-corrected chi connectivity index (χ3v) is 5.06. The van der Waals surface area contributed by atoms with Gasteiger partial charge >= 0.3 is 0 Å². The molecule has 0 radical (unpaired) electrons. The van der Waals surface area contributed by atoms with Gasteiger partial charge in [-0.15, -0.1) is 0 Å². The van der Waals surface area contributed by atoms with Crippen molar-refractivity contribution in [3.8, 4) is 0 Å². The largest absolute Gasteiger partial charge is 0.377 e. The number of aromatic nitrogens is 2. The highest BCUT2D eigenvalue weighted by atomic mass is 16.5. The fourth-order valence-electron chi connectivity index (χ4n) is 3.50. The number of nitrogens with zero attached hydrogens (tertiary/aromatic N) is 2. The standard InChI is InChI=1S/C20H34N2O/c1-3-5-7-13-23-16-18-14-21-20(22-15-18)19-11-9-17(10-12-19)8-6-4-2/h14-15,17,19H,3-13,16H2,1-2H3/t17-,19-. The third-order valence-electron chi connectivity index (χ3n) is 5.06. The molecular formula is C20H34N2O. The Bertz CT molecular complexity index is 410. The molecule has 1 fully saturated rings. The fraction of sp³-hybridized carbons (Fsp3) is 0.800. The summed E-state index contributed by atoms with van der Waals surface area (Å²) >= 11 is 0. The third kappa shape index (κ3) is 6.58. The van der Waals surface area contributed by atoms with Crippen LogP contribution in [-0.2, 0) is 11.3 Å². The second-order valence-electron chi connectivity index (χ2n) is 7.07. The Kier molecular flexibility index (Phi) is 8.59. The van der Waals surface area contributed by atoms with Gasteiger partial charge in [-0.05, 0) is 38.0 Å². The van der Waals surface area contributed by atoms with Crippen molar-refractivity contribution in [3.63, 3.8) is 0 Å². The lowest BCUT2D eigenvalue weighted by molar-refractivity contribution is 0.116. The summed E-state index contributed by atoms with van der Waals surface area (Å²) in [6, 6.07) is 0. The zero-order chi connectivity index (χ0) is 16.3. The second-order valence-corrected chi connectivity index (χ2v) is 7.07. The molecule has 0 spiro atoms. The summed E-state index contributed by atoms with van der Waals surface area (Å²) < 4.78 is 5.68. The Labute approximate surface area is 142 Å². The SMILES string of the molecule is CCCCCOCc1cnc([C@H]2CC[C@H](CCCC)CC2)nc1. The average molecular weight is 319 g/mol. The van der Waals surface area contributed by atoms with E-state index in [-0.39, 0.29) is 0 Å². The molecule has 2 rings (SSSR count). The van der Waals surface area contributed by atoms with Crippen LogP contribution in [0.4, 0.5) is 0 Å². The smallest absolute Gasteiger partial charge is 0.131 e. The summed E-state index contributed by atoms with van der Waals surface area (Å²) in [5, 5.41) is 0. The summed E-state index contributed by atoms with van der Waals surface area (Å²) in [7, 11) is 0. The van der Waals surface area contributed by atoms with E-state index in [1.54, 1.807) is 0 Å². The topological polar surface area (TPSA) is 35.0 Å². The van der Waals surface area contributed by atoms with Gasteiger partial charge in [0.2, 0.25) is 0 Å². The molecule has 0 bridgehead atoms. The minimum absolute atomic E-state index is 0.576. The zero-order valence-electron chi connectivity index (χ0n) is 15.1. The van der Waals surface area contributed by atoms with E-state index in [0.29, 0.717) is 12.5 Å². The van der Waals surface area contributed by atoms with Gasteiger partial charge in [0.15, 0.2) is 0 Å². The monoisotopic (exact) mass is 318 g/mol. The van der Waals surface area contributed by atoms with Crippen molar-refractivity contribution >= 4 is 0 Å². The first-order chi connectivity index (χ1) is 11.3. The summed E-state index contributed by atoms with van der Waals surface area (Å²) in [6.45, 7) is 5.99. The summed E-state index contributed by atoms with van der Waals surface area (Å²) in [5.74, 6) is 2.57. The molecular weight excluding hydrogens is 284 g/mol. The normalized spacial score (nSPS) is 21.5. The van der Waals surface area contributed by atoms with Gasteiger partial charge in [-0.3, -0.25) is 0 Å². The molecule has 0 amide bonds. The molecule has 1 aliphatic rings. The van der Waals surface area contributed by atoms with Crippen LogP contribution in [0, 0.1) is 5.92 Å². The van der Waals surface area contributed by atoms with E-state index in [1.807, 2.05) is 12.4 Å². The molecule has 0 saturated heterocycles. The Morgan fingerprint density at radius 3 is 2.30 bits per heavy atom. The molecule has 1 aromatic rings. The molecule has 1 saturated carbocycles. The maximum absolute atomic E-state index is 5.68. The molecule has 130 valence electrons. The van der Waals surface area contributed by atoms with Crippen molar-refractivity contribution < 1.29 is 4.74 Å². The molecule has 0 unspecified atom stereocenters. The van der Waals surface area contributed by atoms with Crippen LogP contribution in [0.2, 0.25) is 0 Å². The van der Waals surface area contributed by atoms with Gasteiger partial charge in [-0.25, -0.2) is 9.97 Å². The highest BCUT2D eigenvalue weighted by Gasteiger charge is 2.23. The van der Waals surface area contributed by atoms with E-state index in [1.165, 1.54) is 57.8 Å². The first-order valence-electron chi connectivity index (χ1n) is 9.72. The van der Waals surface area contributed by atoms with Gasteiger partial charge in [-0.1, -0.05) is 46.0 Å². The molecule has 0 atom stereocenters. The first kappa shape index (κ1) is 18.4. The van der Waals surface area contributed by atoms with Gasteiger partial charge in [0, 0.05) is 30.5 Å². The highest BCUT2D eigenvalue weighted by Crippen LogP contribution is 2.36. The number of rotatable bonds is 10. The van der Waals surface area contributed by atoms with Crippen LogP contribution in [-0.4, -0.2) is 16.6 Å². The van der Waals surface area contributed by atoms with Crippen LogP contribution in [0.25, 0.3) is 0 Å². The Balaban J connectivity index is 1.70. The van der Waals surface area contributed by atoms with Crippen LogP contribution in [0.3, 0.4) is 0 Å². The van der Waals surface area contributed by atoms with Crippen molar-refractivity contribution in [2.75, 3.05) is 6.61 Å². The zero-order valence-corrected chi connectivity index (χ0v) is 15.1. The predicted molar refractivity (Wildman–Crippen MR) is 95.4 cm³/mol. The van der Waals surface area contributed by atoms with E-state index in [0.717, 1.165) is 30.3 Å². The van der Waals surface area contributed by atoms with Gasteiger partial charge in [0.05, 0.1) is 6.61 Å². The fourth-order valence-corrected chi connectivity index (χ4v) is 3.50. The second kappa shape index (κ2) is 10.7. The Hall–Kier alpha value is -0.960. The van der Waals surface area contributed by atoms with Crippen LogP contribution < -0.4 is 0 Å². The van der Waals surface area contributed by atoms with E-state index in [9.17, 15) is 0 Å². The predicted octanol–water partition coefficient (Wildman–Crippen LogP) is 5.65. The van der Waals surface area contributed by atoms with Gasteiger partial charge in [0.1, 0.15) is 5.82 Å². The van der Waals surface area contributed by atoms with Crippen LogP contribution in [0.15, 0.2) is 12.4 Å². The quantitative estimate of drug-likeness (QED) is 0.523. The van der Waals surface area contributed by atoms with Crippen molar-refractivity contribution in [2.24, 2.45) is 5.92 Å². The lowest BCUT2D eigenvalue weighted by Gasteiger charge is -2.27. The molecule has 0 aliphatic heterocycles. The van der Waals surface area contributed by atoms with Crippen LogP contribution in [0.1, 0.15) is 95.4 Å². The lowest BCUT2D eigenvalue weighted by Crippen LogP contribution is -2.15. The average Bonchev–Trinajstić information content (AvgIpc) is 2.61. The molecule has 23 heavy (non-hydrogen) atoms. The highest BCUT2D eigenvalue weighted by molar-refractivity contribution is 5.07. The van der Waals surface area contributed by atoms with E-state index >= 15 is 0 Å². The summed E-state index contributed by atoms with van der Waals surface area (Å²) in [5.41, 5.74) is 1.10. The molecule has 0 N–H and O–H groups in total. The lowest BCUT2D eigenvalue weighted by atomic mass is 9.79. The molecule has 3 heteroatoms. The first-order valence-corrected chi connectivity index (χ1v) is 9.72. The number of hydrogen-bond donors (Lipinski definition) is 0. The van der Waals surface area contributed by atoms with Crippen LogP contribution in [0.5, 0.6) is 0 Å². The maximum atomic E-state index is 5.68. The van der Waals surface area contributed by atoms with E-state index in [2.05, 4.69) is 23.8 Å². The Morgan fingerprint density at radius 1 is 0.957 bits per heavy atom.